The maximum Gasteiger partial charge on any atom is 0.152 e. The van der Waals surface area contributed by atoms with E-state index >= 15 is 0 Å². The summed E-state index contributed by atoms with van der Waals surface area (Å²) in [4.78, 5) is 10.4. The Bertz CT molecular complexity index is 503. The smallest absolute Gasteiger partial charge is 0.152 e. The van der Waals surface area contributed by atoms with Gasteiger partial charge in [-0.3, -0.25) is 4.79 Å². The summed E-state index contributed by atoms with van der Waals surface area (Å²) in [5, 5.41) is 0. The van der Waals surface area contributed by atoms with E-state index in [1.54, 1.807) is 0 Å². The lowest BCUT2D eigenvalue weighted by molar-refractivity contribution is 0.112. The van der Waals surface area contributed by atoms with Gasteiger partial charge in [0.25, 0.3) is 0 Å². The summed E-state index contributed by atoms with van der Waals surface area (Å²) in [6.07, 6.45) is 0.814. The van der Waals surface area contributed by atoms with Gasteiger partial charge in [0.15, 0.2) is 6.29 Å². The number of hydrogen-bond donors (Lipinski definition) is 0. The maximum atomic E-state index is 10.4. The van der Waals surface area contributed by atoms with Crippen molar-refractivity contribution in [3.63, 3.8) is 0 Å². The van der Waals surface area contributed by atoms with Crippen molar-refractivity contribution >= 4 is 70.0 Å². The number of hydrogen-bond acceptors (Lipinski definition) is 1. The van der Waals surface area contributed by atoms with Crippen LogP contribution in [-0.4, -0.2) is 6.29 Å². The zero-order chi connectivity index (χ0) is 13.5. The van der Waals surface area contributed by atoms with E-state index < -0.39 is 0 Å². The second-order valence-corrected chi connectivity index (χ2v) is 6.73. The standard InChI is InChI=1S/C7H4Br2O.C6H4Br2/c8-6-2-1-3-7(9)5(6)4-10;7-5-2-1-3-6(8)4-5/h1-4H;1-4H. The molecule has 94 valence electrons. The molecule has 5 heteroatoms. The van der Waals surface area contributed by atoms with Crippen LogP contribution >= 0.6 is 63.7 Å². The van der Waals surface area contributed by atoms with Gasteiger partial charge in [0.2, 0.25) is 0 Å². The molecule has 0 N–H and O–H groups in total. The molecule has 0 amide bonds. The summed E-state index contributed by atoms with van der Waals surface area (Å²) >= 11 is 13.2. The predicted octanol–water partition coefficient (Wildman–Crippen LogP) is 6.24. The summed E-state index contributed by atoms with van der Waals surface area (Å²) in [6.45, 7) is 0. The van der Waals surface area contributed by atoms with Gasteiger partial charge in [-0.25, -0.2) is 0 Å². The van der Waals surface area contributed by atoms with Gasteiger partial charge in [0.05, 0.1) is 0 Å². The molecule has 0 radical (unpaired) electrons. The van der Waals surface area contributed by atoms with Crippen molar-refractivity contribution in [2.24, 2.45) is 0 Å². The Kier molecular flexibility index (Phi) is 7.37. The van der Waals surface area contributed by atoms with E-state index in [2.05, 4.69) is 63.7 Å². The Morgan fingerprint density at radius 2 is 1.22 bits per heavy atom. The Morgan fingerprint density at radius 1 is 0.778 bits per heavy atom. The average Bonchev–Trinajstić information content (AvgIpc) is 2.29. The van der Waals surface area contributed by atoms with Gasteiger partial charge in [-0.05, 0) is 30.3 Å². The molecular formula is C13H8Br4O. The van der Waals surface area contributed by atoms with Crippen LogP contribution in [0.3, 0.4) is 0 Å². The molecule has 0 saturated carbocycles. The molecular weight excluding hydrogens is 492 g/mol. The van der Waals surface area contributed by atoms with E-state index in [4.69, 9.17) is 0 Å². The third-order valence-corrected chi connectivity index (χ3v) is 4.27. The van der Waals surface area contributed by atoms with Crippen LogP contribution in [0.1, 0.15) is 10.4 Å². The number of aldehydes is 1. The summed E-state index contributed by atoms with van der Waals surface area (Å²) in [6, 6.07) is 13.5. The zero-order valence-electron chi connectivity index (χ0n) is 9.04. The molecule has 0 saturated heterocycles. The number of carbonyl (C=O) groups is 1. The van der Waals surface area contributed by atoms with Crippen LogP contribution in [0.25, 0.3) is 0 Å². The first kappa shape index (κ1) is 16.1. The highest BCUT2D eigenvalue weighted by Gasteiger charge is 2.00. The van der Waals surface area contributed by atoms with Gasteiger partial charge >= 0.3 is 0 Å². The van der Waals surface area contributed by atoms with Crippen molar-refractivity contribution in [3.05, 3.63) is 65.9 Å². The minimum atomic E-state index is 0.655. The van der Waals surface area contributed by atoms with Crippen LogP contribution in [0.5, 0.6) is 0 Å². The van der Waals surface area contributed by atoms with Crippen LogP contribution in [0.2, 0.25) is 0 Å². The number of carbonyl (C=O) groups excluding carboxylic acids is 1. The minimum Gasteiger partial charge on any atom is -0.298 e. The van der Waals surface area contributed by atoms with E-state index in [1.807, 2.05) is 42.5 Å². The van der Waals surface area contributed by atoms with Crippen LogP contribution in [0.4, 0.5) is 0 Å². The summed E-state index contributed by atoms with van der Waals surface area (Å²) < 4.78 is 3.84. The molecule has 0 bridgehead atoms. The molecule has 0 atom stereocenters. The summed E-state index contributed by atoms with van der Waals surface area (Å²) in [7, 11) is 0. The number of rotatable bonds is 1. The second-order valence-electron chi connectivity index (χ2n) is 3.19. The van der Waals surface area contributed by atoms with E-state index in [1.165, 1.54) is 0 Å². The van der Waals surface area contributed by atoms with Gasteiger partial charge in [0.1, 0.15) is 0 Å². The normalized spacial score (nSPS) is 9.33. The fourth-order valence-electron chi connectivity index (χ4n) is 1.08. The van der Waals surface area contributed by atoms with E-state index in [0.29, 0.717) is 5.56 Å². The molecule has 1 nitrogen and oxygen atoms in total. The van der Waals surface area contributed by atoms with Gasteiger partial charge in [-0.1, -0.05) is 75.9 Å². The zero-order valence-corrected chi connectivity index (χ0v) is 15.4. The molecule has 0 aromatic heterocycles. The average molecular weight is 500 g/mol. The summed E-state index contributed by atoms with van der Waals surface area (Å²) in [5.41, 5.74) is 0.655. The third-order valence-electron chi connectivity index (χ3n) is 1.90. The first-order chi connectivity index (χ1) is 8.54. The first-order valence-electron chi connectivity index (χ1n) is 4.85. The van der Waals surface area contributed by atoms with Crippen molar-refractivity contribution in [2.45, 2.75) is 0 Å². The lowest BCUT2D eigenvalue weighted by Gasteiger charge is -1.96. The van der Waals surface area contributed by atoms with Crippen LogP contribution in [0.15, 0.2) is 60.4 Å². The summed E-state index contributed by atoms with van der Waals surface area (Å²) in [5.74, 6) is 0. The number of benzene rings is 2. The molecule has 2 rings (SSSR count). The third kappa shape index (κ3) is 5.34. The van der Waals surface area contributed by atoms with Crippen LogP contribution in [0, 0.1) is 0 Å². The molecule has 0 fully saturated rings. The van der Waals surface area contributed by atoms with Gasteiger partial charge in [-0.2, -0.15) is 0 Å². The van der Waals surface area contributed by atoms with Gasteiger partial charge < -0.3 is 0 Å². The SMILES string of the molecule is Brc1cccc(Br)c1.O=Cc1c(Br)cccc1Br. The van der Waals surface area contributed by atoms with E-state index in [9.17, 15) is 4.79 Å². The number of halogens is 4. The predicted molar refractivity (Wildman–Crippen MR) is 89.1 cm³/mol. The van der Waals surface area contributed by atoms with Crippen molar-refractivity contribution in [1.82, 2.24) is 0 Å². The van der Waals surface area contributed by atoms with Gasteiger partial charge in [0, 0.05) is 23.5 Å². The molecule has 18 heavy (non-hydrogen) atoms. The lowest BCUT2D eigenvalue weighted by Crippen LogP contribution is -1.82. The highest BCUT2D eigenvalue weighted by atomic mass is 79.9. The molecule has 0 aliphatic heterocycles. The largest absolute Gasteiger partial charge is 0.298 e. The molecule has 0 spiro atoms. The maximum absolute atomic E-state index is 10.4. The quantitative estimate of drug-likeness (QED) is 0.425. The Hall–Kier alpha value is 0.0300. The van der Waals surface area contributed by atoms with Crippen molar-refractivity contribution in [3.8, 4) is 0 Å². The molecule has 0 heterocycles. The molecule has 2 aromatic carbocycles. The molecule has 2 aromatic rings. The fraction of sp³-hybridized carbons (Fsp3) is 0. The molecule has 0 unspecified atom stereocenters. The topological polar surface area (TPSA) is 17.1 Å². The van der Waals surface area contributed by atoms with Crippen molar-refractivity contribution in [2.75, 3.05) is 0 Å². The van der Waals surface area contributed by atoms with E-state index in [-0.39, 0.29) is 0 Å². The van der Waals surface area contributed by atoms with Crippen LogP contribution < -0.4 is 0 Å². The Labute approximate surface area is 139 Å². The fourth-order valence-corrected chi connectivity index (χ4v) is 3.37. The minimum absolute atomic E-state index is 0.655. The highest BCUT2D eigenvalue weighted by Crippen LogP contribution is 2.22. The van der Waals surface area contributed by atoms with Crippen molar-refractivity contribution in [1.29, 1.82) is 0 Å². The molecule has 0 aliphatic carbocycles. The second kappa shape index (κ2) is 8.25. The first-order valence-corrected chi connectivity index (χ1v) is 8.02. The van der Waals surface area contributed by atoms with Gasteiger partial charge in [-0.15, -0.1) is 0 Å². The lowest BCUT2D eigenvalue weighted by atomic mass is 10.2. The monoisotopic (exact) mass is 496 g/mol. The van der Waals surface area contributed by atoms with Crippen molar-refractivity contribution < 1.29 is 4.79 Å². The Morgan fingerprint density at radius 3 is 1.50 bits per heavy atom. The van der Waals surface area contributed by atoms with Crippen LogP contribution in [-0.2, 0) is 0 Å². The molecule has 0 aliphatic rings. The Balaban J connectivity index is 0.000000184. The van der Waals surface area contributed by atoms with E-state index in [0.717, 1.165) is 24.2 Å². The highest BCUT2D eigenvalue weighted by molar-refractivity contribution is 9.11.